The van der Waals surface area contributed by atoms with Crippen molar-refractivity contribution < 1.29 is 14.0 Å². The number of hydrogen-bond donors (Lipinski definition) is 2. The van der Waals surface area contributed by atoms with Gasteiger partial charge in [0.15, 0.2) is 0 Å². The Labute approximate surface area is 180 Å². The van der Waals surface area contributed by atoms with Crippen LogP contribution >= 0.6 is 0 Å². The second kappa shape index (κ2) is 8.51. The Kier molecular flexibility index (Phi) is 5.58. The minimum Gasteiger partial charge on any atom is -0.392 e. The number of rotatable bonds is 4. The summed E-state index contributed by atoms with van der Waals surface area (Å²) >= 11 is 0. The Balaban J connectivity index is 1.39. The van der Waals surface area contributed by atoms with E-state index in [-0.39, 0.29) is 18.0 Å². The molecule has 2 aliphatic rings. The number of halogens is 1. The van der Waals surface area contributed by atoms with Crippen molar-refractivity contribution in [3.63, 3.8) is 0 Å². The van der Waals surface area contributed by atoms with E-state index < -0.39 is 0 Å². The zero-order valence-electron chi connectivity index (χ0n) is 17.7. The highest BCUT2D eigenvalue weighted by molar-refractivity contribution is 5.88. The first-order chi connectivity index (χ1) is 15.1. The van der Waals surface area contributed by atoms with E-state index in [1.54, 1.807) is 13.0 Å². The van der Waals surface area contributed by atoms with Gasteiger partial charge in [0.2, 0.25) is 11.7 Å². The standard InChI is InChI=1S/C23H28FN5O2/c1-14-25-22(28-31-14)18-12-15-6-7-16(24)13-20(15)27-23(18)29-10-8-17(9-11-29)26-19-4-2-3-5-21(19)30/h6-7,12-13,17,19,21,26,30H,2-5,8-11H2,1H3/t19?,21-/m0/s1. The summed E-state index contributed by atoms with van der Waals surface area (Å²) in [5.74, 6) is 1.45. The number of benzene rings is 1. The van der Waals surface area contributed by atoms with E-state index in [1.165, 1.54) is 18.6 Å². The van der Waals surface area contributed by atoms with Gasteiger partial charge in [-0.3, -0.25) is 0 Å². The molecule has 31 heavy (non-hydrogen) atoms. The number of aryl methyl sites for hydroxylation is 1. The fourth-order valence-corrected chi connectivity index (χ4v) is 4.81. The molecule has 5 rings (SSSR count). The van der Waals surface area contributed by atoms with Crippen LogP contribution in [0.1, 0.15) is 44.4 Å². The maximum absolute atomic E-state index is 13.8. The van der Waals surface area contributed by atoms with Crippen LogP contribution in [0.15, 0.2) is 28.8 Å². The monoisotopic (exact) mass is 425 g/mol. The van der Waals surface area contributed by atoms with Gasteiger partial charge >= 0.3 is 0 Å². The Morgan fingerprint density at radius 2 is 1.90 bits per heavy atom. The first kappa shape index (κ1) is 20.3. The minimum atomic E-state index is -0.303. The molecule has 3 heterocycles. The van der Waals surface area contributed by atoms with Crippen LogP contribution in [0.2, 0.25) is 0 Å². The van der Waals surface area contributed by atoms with Gasteiger partial charge in [-0.05, 0) is 43.9 Å². The van der Waals surface area contributed by atoms with Crippen molar-refractivity contribution in [3.05, 3.63) is 36.0 Å². The quantitative estimate of drug-likeness (QED) is 0.660. The molecule has 0 radical (unpaired) electrons. The third kappa shape index (κ3) is 4.27. The molecule has 164 valence electrons. The molecular formula is C23H28FN5O2. The maximum Gasteiger partial charge on any atom is 0.223 e. The number of pyridine rings is 1. The predicted octanol–water partition coefficient (Wildman–Crippen LogP) is 3.59. The van der Waals surface area contributed by atoms with Crippen LogP contribution in [-0.2, 0) is 0 Å². The highest BCUT2D eigenvalue weighted by atomic mass is 19.1. The summed E-state index contributed by atoms with van der Waals surface area (Å²) in [6.07, 6.45) is 5.90. The first-order valence-electron chi connectivity index (χ1n) is 11.2. The lowest BCUT2D eigenvalue weighted by atomic mass is 9.91. The Morgan fingerprint density at radius 3 is 2.65 bits per heavy atom. The number of hydrogen-bond acceptors (Lipinski definition) is 7. The van der Waals surface area contributed by atoms with Crippen LogP contribution < -0.4 is 10.2 Å². The lowest BCUT2D eigenvalue weighted by Gasteiger charge is -2.38. The van der Waals surface area contributed by atoms with E-state index in [4.69, 9.17) is 9.51 Å². The molecule has 0 bridgehead atoms. The summed E-state index contributed by atoms with van der Waals surface area (Å²) in [6.45, 7) is 3.40. The van der Waals surface area contributed by atoms with Crippen molar-refractivity contribution in [2.75, 3.05) is 18.0 Å². The number of aromatic nitrogens is 3. The molecule has 2 N–H and O–H groups in total. The first-order valence-corrected chi connectivity index (χ1v) is 11.2. The van der Waals surface area contributed by atoms with Gasteiger partial charge in [-0.2, -0.15) is 4.98 Å². The van der Waals surface area contributed by atoms with Crippen molar-refractivity contribution in [1.82, 2.24) is 20.4 Å². The SMILES string of the molecule is Cc1nc(-c2cc3ccc(F)cc3nc2N2CCC(NC3CCCC[C@@H]3O)CC2)no1. The molecule has 1 saturated carbocycles. The van der Waals surface area contributed by atoms with Gasteiger partial charge in [0.05, 0.1) is 17.2 Å². The minimum absolute atomic E-state index is 0.199. The Morgan fingerprint density at radius 1 is 1.10 bits per heavy atom. The maximum atomic E-state index is 13.8. The molecule has 8 heteroatoms. The summed E-state index contributed by atoms with van der Waals surface area (Å²) in [5.41, 5.74) is 1.41. The molecule has 2 aromatic heterocycles. The van der Waals surface area contributed by atoms with Crippen LogP contribution in [0.4, 0.5) is 10.2 Å². The second-order valence-corrected chi connectivity index (χ2v) is 8.72. The second-order valence-electron chi connectivity index (χ2n) is 8.72. The summed E-state index contributed by atoms with van der Waals surface area (Å²) in [5, 5.41) is 18.9. The van der Waals surface area contributed by atoms with Crippen LogP contribution in [0.5, 0.6) is 0 Å². The topological polar surface area (TPSA) is 87.3 Å². The van der Waals surface area contributed by atoms with Crippen molar-refractivity contribution in [2.45, 2.75) is 63.6 Å². The number of nitrogens with zero attached hydrogens (tertiary/aromatic N) is 4. The number of anilines is 1. The number of fused-ring (bicyclic) bond motifs is 1. The Bertz CT molecular complexity index is 1060. The predicted molar refractivity (Wildman–Crippen MR) is 116 cm³/mol. The van der Waals surface area contributed by atoms with Crippen molar-refractivity contribution in [3.8, 4) is 11.4 Å². The van der Waals surface area contributed by atoms with Crippen molar-refractivity contribution >= 4 is 16.7 Å². The zero-order chi connectivity index (χ0) is 21.4. The lowest BCUT2D eigenvalue weighted by Crippen LogP contribution is -2.51. The van der Waals surface area contributed by atoms with Crippen LogP contribution in [0.3, 0.4) is 0 Å². The van der Waals surface area contributed by atoms with Gasteiger partial charge in [0.1, 0.15) is 11.6 Å². The average Bonchev–Trinajstić information content (AvgIpc) is 3.21. The van der Waals surface area contributed by atoms with Crippen LogP contribution in [-0.4, -0.2) is 51.5 Å². The normalized spacial score (nSPS) is 22.9. The van der Waals surface area contributed by atoms with Crippen molar-refractivity contribution in [2.24, 2.45) is 0 Å². The number of aliphatic hydroxyl groups is 1. The Hall–Kier alpha value is -2.58. The van der Waals surface area contributed by atoms with E-state index >= 15 is 0 Å². The molecule has 1 aliphatic carbocycles. The highest BCUT2D eigenvalue weighted by Crippen LogP contribution is 2.33. The van der Waals surface area contributed by atoms with Gasteiger partial charge in [0, 0.05) is 43.5 Å². The smallest absolute Gasteiger partial charge is 0.223 e. The number of aliphatic hydroxyl groups excluding tert-OH is 1. The molecule has 3 aromatic rings. The molecule has 1 aromatic carbocycles. The lowest BCUT2D eigenvalue weighted by molar-refractivity contribution is 0.0828. The summed E-state index contributed by atoms with van der Waals surface area (Å²) in [7, 11) is 0. The van der Waals surface area contributed by atoms with Crippen LogP contribution in [0, 0.1) is 12.7 Å². The summed E-state index contributed by atoms with van der Waals surface area (Å²) in [4.78, 5) is 11.4. The van der Waals surface area contributed by atoms with Gasteiger partial charge in [0.25, 0.3) is 0 Å². The van der Waals surface area contributed by atoms with Gasteiger partial charge in [-0.25, -0.2) is 9.37 Å². The molecular weight excluding hydrogens is 397 g/mol. The highest BCUT2D eigenvalue weighted by Gasteiger charge is 2.29. The average molecular weight is 426 g/mol. The van der Waals surface area contributed by atoms with E-state index in [0.717, 1.165) is 62.0 Å². The van der Waals surface area contributed by atoms with Gasteiger partial charge in [-0.15, -0.1) is 0 Å². The molecule has 2 atom stereocenters. The molecule has 2 fully saturated rings. The molecule has 1 aliphatic heterocycles. The fourth-order valence-electron chi connectivity index (χ4n) is 4.81. The fraction of sp³-hybridized carbons (Fsp3) is 0.522. The van der Waals surface area contributed by atoms with Crippen molar-refractivity contribution in [1.29, 1.82) is 0 Å². The molecule has 1 saturated heterocycles. The van der Waals surface area contributed by atoms with E-state index in [2.05, 4.69) is 20.4 Å². The van der Waals surface area contributed by atoms with Gasteiger partial charge in [-0.1, -0.05) is 18.0 Å². The molecule has 0 amide bonds. The van der Waals surface area contributed by atoms with E-state index in [0.29, 0.717) is 23.3 Å². The molecule has 7 nitrogen and oxygen atoms in total. The third-order valence-electron chi connectivity index (χ3n) is 6.50. The number of nitrogens with one attached hydrogen (secondary N) is 1. The molecule has 0 spiro atoms. The van der Waals surface area contributed by atoms with E-state index in [9.17, 15) is 9.50 Å². The number of piperidine rings is 1. The zero-order valence-corrected chi connectivity index (χ0v) is 17.7. The van der Waals surface area contributed by atoms with E-state index in [1.807, 2.05) is 6.07 Å². The molecule has 1 unspecified atom stereocenters. The third-order valence-corrected chi connectivity index (χ3v) is 6.50. The van der Waals surface area contributed by atoms with Crippen LogP contribution in [0.25, 0.3) is 22.3 Å². The summed E-state index contributed by atoms with van der Waals surface area (Å²) < 4.78 is 19.0. The summed E-state index contributed by atoms with van der Waals surface area (Å²) in [6, 6.07) is 7.16. The largest absolute Gasteiger partial charge is 0.392 e. The van der Waals surface area contributed by atoms with Gasteiger partial charge < -0.3 is 19.8 Å².